The highest BCUT2D eigenvalue weighted by atomic mass is 32.2. The number of carbonyl (C=O) groups excluding carboxylic acids is 1. The van der Waals surface area contributed by atoms with E-state index in [9.17, 15) is 13.2 Å². The monoisotopic (exact) mass is 277 g/mol. The van der Waals surface area contributed by atoms with Crippen LogP contribution in [-0.4, -0.2) is 43.1 Å². The van der Waals surface area contributed by atoms with Gasteiger partial charge in [-0.2, -0.15) is 0 Å². The van der Waals surface area contributed by atoms with Crippen molar-refractivity contribution < 1.29 is 17.9 Å². The molecule has 0 amide bonds. The first kappa shape index (κ1) is 15.4. The Kier molecular flexibility index (Phi) is 4.78. The van der Waals surface area contributed by atoms with Crippen LogP contribution in [0.25, 0.3) is 0 Å². The number of hydrogen-bond acceptors (Lipinski definition) is 4. The second-order valence-corrected chi connectivity index (χ2v) is 8.26. The molecule has 0 aromatic heterocycles. The molecule has 0 aliphatic carbocycles. The molecule has 0 unspecified atom stereocenters. The van der Waals surface area contributed by atoms with Gasteiger partial charge in [-0.05, 0) is 40.5 Å². The van der Waals surface area contributed by atoms with Crippen LogP contribution in [0.2, 0.25) is 0 Å². The van der Waals surface area contributed by atoms with Crippen LogP contribution in [0.1, 0.15) is 40.5 Å². The molecular formula is C12H23NO4S. The van der Waals surface area contributed by atoms with E-state index in [0.29, 0.717) is 26.0 Å². The number of sulfonamides is 1. The van der Waals surface area contributed by atoms with Gasteiger partial charge in [0, 0.05) is 13.1 Å². The van der Waals surface area contributed by atoms with Gasteiger partial charge in [0.2, 0.25) is 10.0 Å². The third-order valence-electron chi connectivity index (χ3n) is 3.12. The van der Waals surface area contributed by atoms with E-state index in [2.05, 4.69) is 0 Å². The predicted molar refractivity (Wildman–Crippen MR) is 69.6 cm³/mol. The first-order chi connectivity index (χ1) is 8.20. The minimum Gasteiger partial charge on any atom is -0.466 e. The van der Waals surface area contributed by atoms with Crippen molar-refractivity contribution >= 4 is 16.0 Å². The Labute approximate surface area is 110 Å². The van der Waals surface area contributed by atoms with Crippen molar-refractivity contribution in [3.8, 4) is 0 Å². The van der Waals surface area contributed by atoms with Crippen LogP contribution in [0.5, 0.6) is 0 Å². The number of esters is 1. The van der Waals surface area contributed by atoms with Crippen LogP contribution in [0.3, 0.4) is 0 Å². The molecule has 0 N–H and O–H groups in total. The van der Waals surface area contributed by atoms with E-state index in [0.717, 1.165) is 0 Å². The number of rotatable bonds is 3. The van der Waals surface area contributed by atoms with E-state index >= 15 is 0 Å². The van der Waals surface area contributed by atoms with E-state index < -0.39 is 14.8 Å². The third-order valence-corrected chi connectivity index (χ3v) is 5.68. The van der Waals surface area contributed by atoms with Crippen LogP contribution in [-0.2, 0) is 19.6 Å². The lowest BCUT2D eigenvalue weighted by Gasteiger charge is -2.35. The van der Waals surface area contributed by atoms with Crippen molar-refractivity contribution in [2.45, 2.75) is 45.3 Å². The van der Waals surface area contributed by atoms with E-state index in [1.165, 1.54) is 4.31 Å². The van der Waals surface area contributed by atoms with Gasteiger partial charge in [-0.3, -0.25) is 4.79 Å². The smallest absolute Gasteiger partial charge is 0.310 e. The summed E-state index contributed by atoms with van der Waals surface area (Å²) in [7, 11) is -3.36. The summed E-state index contributed by atoms with van der Waals surface area (Å²) in [5.41, 5.74) is 0. The van der Waals surface area contributed by atoms with Crippen molar-refractivity contribution in [3.63, 3.8) is 0 Å². The Morgan fingerprint density at radius 2 is 2.00 bits per heavy atom. The summed E-state index contributed by atoms with van der Waals surface area (Å²) < 4.78 is 30.2. The maximum atomic E-state index is 12.3. The van der Waals surface area contributed by atoms with E-state index in [-0.39, 0.29) is 18.4 Å². The molecule has 18 heavy (non-hydrogen) atoms. The van der Waals surface area contributed by atoms with Gasteiger partial charge >= 0.3 is 5.97 Å². The summed E-state index contributed by atoms with van der Waals surface area (Å²) in [5.74, 6) is -0.609. The first-order valence-corrected chi connectivity index (χ1v) is 7.80. The SMILES string of the molecule is CCOC(=O)[C@@H]1CCCN(S(=O)(=O)C(C)(C)C)C1. The molecular weight excluding hydrogens is 254 g/mol. The zero-order chi connectivity index (χ0) is 14.0. The summed E-state index contributed by atoms with van der Waals surface area (Å²) in [6.07, 6.45) is 1.41. The van der Waals surface area contributed by atoms with Crippen LogP contribution in [0, 0.1) is 5.92 Å². The maximum absolute atomic E-state index is 12.3. The number of nitrogens with zero attached hydrogens (tertiary/aromatic N) is 1. The average Bonchev–Trinajstić information content (AvgIpc) is 2.28. The van der Waals surface area contributed by atoms with Gasteiger partial charge in [0.15, 0.2) is 0 Å². The van der Waals surface area contributed by atoms with Gasteiger partial charge in [0.1, 0.15) is 0 Å². The maximum Gasteiger partial charge on any atom is 0.310 e. The standard InChI is InChI=1S/C12H23NO4S/c1-5-17-11(14)10-7-6-8-13(9-10)18(15,16)12(2,3)4/h10H,5-9H2,1-4H3/t10-/m1/s1. The molecule has 1 aliphatic rings. The Morgan fingerprint density at radius 1 is 1.39 bits per heavy atom. The summed E-state index contributed by atoms with van der Waals surface area (Å²) in [6, 6.07) is 0. The fourth-order valence-corrected chi connectivity index (χ4v) is 3.52. The van der Waals surface area contributed by atoms with Crippen molar-refractivity contribution in [1.82, 2.24) is 4.31 Å². The number of piperidine rings is 1. The van der Waals surface area contributed by atoms with Crippen LogP contribution in [0.4, 0.5) is 0 Å². The zero-order valence-corrected chi connectivity index (χ0v) is 12.4. The number of hydrogen-bond donors (Lipinski definition) is 0. The summed E-state index contributed by atoms with van der Waals surface area (Å²) in [5, 5.41) is 0. The molecule has 1 saturated heterocycles. The number of ether oxygens (including phenoxy) is 1. The van der Waals surface area contributed by atoms with Crippen molar-refractivity contribution in [3.05, 3.63) is 0 Å². The summed E-state index contributed by atoms with van der Waals surface area (Å²) >= 11 is 0. The molecule has 6 heteroatoms. The van der Waals surface area contributed by atoms with Gasteiger partial charge < -0.3 is 4.74 Å². The lowest BCUT2D eigenvalue weighted by molar-refractivity contribution is -0.149. The van der Waals surface area contributed by atoms with Gasteiger partial charge in [0.05, 0.1) is 17.3 Å². The molecule has 0 aromatic rings. The van der Waals surface area contributed by atoms with E-state index in [1.807, 2.05) is 0 Å². The molecule has 1 aliphatic heterocycles. The summed E-state index contributed by atoms with van der Waals surface area (Å²) in [4.78, 5) is 11.7. The molecule has 1 heterocycles. The highest BCUT2D eigenvalue weighted by Crippen LogP contribution is 2.26. The third kappa shape index (κ3) is 3.23. The lowest BCUT2D eigenvalue weighted by atomic mass is 10.0. The van der Waals surface area contributed by atoms with Crippen LogP contribution in [0.15, 0.2) is 0 Å². The van der Waals surface area contributed by atoms with Crippen molar-refractivity contribution in [2.24, 2.45) is 5.92 Å². The minimum atomic E-state index is -3.36. The largest absolute Gasteiger partial charge is 0.466 e. The predicted octanol–water partition coefficient (Wildman–Crippen LogP) is 1.39. The van der Waals surface area contributed by atoms with E-state index in [1.54, 1.807) is 27.7 Å². The molecule has 106 valence electrons. The second-order valence-electron chi connectivity index (χ2n) is 5.57. The van der Waals surface area contributed by atoms with Crippen molar-refractivity contribution in [1.29, 1.82) is 0 Å². The first-order valence-electron chi connectivity index (χ1n) is 6.36. The molecule has 0 bridgehead atoms. The molecule has 1 rings (SSSR count). The topological polar surface area (TPSA) is 63.7 Å². The average molecular weight is 277 g/mol. The molecule has 0 spiro atoms. The van der Waals surface area contributed by atoms with Gasteiger partial charge in [-0.25, -0.2) is 12.7 Å². The highest BCUT2D eigenvalue weighted by Gasteiger charge is 2.39. The summed E-state index contributed by atoms with van der Waals surface area (Å²) in [6.45, 7) is 7.86. The fourth-order valence-electron chi connectivity index (χ4n) is 2.00. The molecule has 0 radical (unpaired) electrons. The second kappa shape index (κ2) is 5.57. The Morgan fingerprint density at radius 3 is 2.50 bits per heavy atom. The zero-order valence-electron chi connectivity index (χ0n) is 11.6. The molecule has 0 aromatic carbocycles. The van der Waals surface area contributed by atoms with Gasteiger partial charge in [-0.15, -0.1) is 0 Å². The molecule has 1 fully saturated rings. The van der Waals surface area contributed by atoms with Crippen molar-refractivity contribution in [2.75, 3.05) is 19.7 Å². The lowest BCUT2D eigenvalue weighted by Crippen LogP contribution is -2.48. The minimum absolute atomic E-state index is 0.248. The Balaban J connectivity index is 2.79. The van der Waals surface area contributed by atoms with E-state index in [4.69, 9.17) is 4.74 Å². The molecule has 1 atom stereocenters. The number of carbonyl (C=O) groups is 1. The molecule has 5 nitrogen and oxygen atoms in total. The normalized spacial score (nSPS) is 22.8. The molecule has 0 saturated carbocycles. The Hall–Kier alpha value is -0.620. The van der Waals surface area contributed by atoms with Crippen LogP contribution < -0.4 is 0 Å². The van der Waals surface area contributed by atoms with Crippen LogP contribution >= 0.6 is 0 Å². The Bertz CT molecular complexity index is 397. The quantitative estimate of drug-likeness (QED) is 0.731. The van der Waals surface area contributed by atoms with Gasteiger partial charge in [-0.1, -0.05) is 0 Å². The van der Waals surface area contributed by atoms with Gasteiger partial charge in [0.25, 0.3) is 0 Å². The highest BCUT2D eigenvalue weighted by molar-refractivity contribution is 7.90. The fraction of sp³-hybridized carbons (Fsp3) is 0.917.